The Bertz CT molecular complexity index is 1090. The van der Waals surface area contributed by atoms with Gasteiger partial charge in [0.1, 0.15) is 0 Å². The summed E-state index contributed by atoms with van der Waals surface area (Å²) in [6.45, 7) is 3.63. The second-order valence-electron chi connectivity index (χ2n) is 7.11. The van der Waals surface area contributed by atoms with Gasteiger partial charge >= 0.3 is 0 Å². The molecule has 9 heteroatoms. The summed E-state index contributed by atoms with van der Waals surface area (Å²) in [7, 11) is 0. The van der Waals surface area contributed by atoms with Crippen LogP contribution in [0.15, 0.2) is 57.5 Å². The minimum atomic E-state index is -0.0326. The standard InChI is InChI=1S/C21H21N5O2S2/c1-14(18-22-20(28-25-18)15-7-3-2-4-8-15)30-21-24-23-19(17-10-6-12-29-17)26(21)13-16-9-5-11-27-16/h2-4,6-8,10,12,14,16H,5,9,11,13H2,1H3/t14-,16+/m1/s1. The Balaban J connectivity index is 1.39. The van der Waals surface area contributed by atoms with Gasteiger partial charge in [-0.05, 0) is 43.3 Å². The SMILES string of the molecule is C[C@@H](Sc1nnc(-c2cccs2)n1C[C@@H]1CCCO1)c1noc(-c2ccccc2)n1. The third-order valence-corrected chi connectivity index (χ3v) is 6.92. The van der Waals surface area contributed by atoms with Gasteiger partial charge in [-0.2, -0.15) is 4.98 Å². The first-order chi connectivity index (χ1) is 14.8. The first-order valence-corrected chi connectivity index (χ1v) is 11.7. The molecule has 0 aliphatic carbocycles. The van der Waals surface area contributed by atoms with Gasteiger partial charge in [0.25, 0.3) is 5.89 Å². The molecule has 1 fully saturated rings. The zero-order valence-electron chi connectivity index (χ0n) is 16.5. The Kier molecular flexibility index (Phi) is 5.65. The maximum absolute atomic E-state index is 5.87. The minimum absolute atomic E-state index is 0.0326. The average molecular weight is 440 g/mol. The van der Waals surface area contributed by atoms with Crippen molar-refractivity contribution >= 4 is 23.1 Å². The van der Waals surface area contributed by atoms with Gasteiger partial charge < -0.3 is 9.26 Å². The fourth-order valence-electron chi connectivity index (χ4n) is 3.43. The summed E-state index contributed by atoms with van der Waals surface area (Å²) in [4.78, 5) is 5.69. The highest BCUT2D eigenvalue weighted by atomic mass is 32.2. The van der Waals surface area contributed by atoms with Crippen LogP contribution in [0.3, 0.4) is 0 Å². The maximum Gasteiger partial charge on any atom is 0.257 e. The van der Waals surface area contributed by atoms with Gasteiger partial charge in [-0.3, -0.25) is 4.57 Å². The fourth-order valence-corrected chi connectivity index (χ4v) is 5.04. The molecule has 7 nitrogen and oxygen atoms in total. The van der Waals surface area contributed by atoms with Gasteiger partial charge in [0, 0.05) is 12.2 Å². The van der Waals surface area contributed by atoms with E-state index in [-0.39, 0.29) is 11.4 Å². The molecule has 0 unspecified atom stereocenters. The van der Waals surface area contributed by atoms with Crippen LogP contribution in [-0.2, 0) is 11.3 Å². The smallest absolute Gasteiger partial charge is 0.257 e. The first-order valence-electron chi connectivity index (χ1n) is 9.92. The van der Waals surface area contributed by atoms with Gasteiger partial charge in [0.05, 0.1) is 22.8 Å². The largest absolute Gasteiger partial charge is 0.376 e. The molecule has 1 saturated heterocycles. The second-order valence-corrected chi connectivity index (χ2v) is 9.37. The lowest BCUT2D eigenvalue weighted by molar-refractivity contribution is 0.0953. The van der Waals surface area contributed by atoms with Crippen molar-refractivity contribution in [2.24, 2.45) is 0 Å². The van der Waals surface area contributed by atoms with Crippen LogP contribution in [0.25, 0.3) is 22.2 Å². The van der Waals surface area contributed by atoms with E-state index in [2.05, 4.69) is 43.3 Å². The summed E-state index contributed by atoms with van der Waals surface area (Å²) >= 11 is 3.25. The van der Waals surface area contributed by atoms with Crippen LogP contribution in [0, 0.1) is 0 Å². The predicted octanol–water partition coefficient (Wildman–Crippen LogP) is 5.09. The molecule has 1 aromatic carbocycles. The number of thioether (sulfide) groups is 1. The summed E-state index contributed by atoms with van der Waals surface area (Å²) in [5.41, 5.74) is 0.912. The Morgan fingerprint density at radius 3 is 2.87 bits per heavy atom. The van der Waals surface area contributed by atoms with Crippen LogP contribution in [0.2, 0.25) is 0 Å². The van der Waals surface area contributed by atoms with Gasteiger partial charge in [-0.1, -0.05) is 41.2 Å². The molecular weight excluding hydrogens is 418 g/mol. The summed E-state index contributed by atoms with van der Waals surface area (Å²) in [6.07, 6.45) is 2.36. The van der Waals surface area contributed by atoms with Crippen molar-refractivity contribution in [1.29, 1.82) is 0 Å². The summed E-state index contributed by atoms with van der Waals surface area (Å²) < 4.78 is 13.5. The lowest BCUT2D eigenvalue weighted by Crippen LogP contribution is -2.16. The van der Waals surface area contributed by atoms with Gasteiger partial charge in [-0.15, -0.1) is 21.5 Å². The van der Waals surface area contributed by atoms with Crippen LogP contribution < -0.4 is 0 Å². The Labute approximate surface area is 182 Å². The quantitative estimate of drug-likeness (QED) is 0.371. The molecule has 0 spiro atoms. The molecule has 30 heavy (non-hydrogen) atoms. The summed E-state index contributed by atoms with van der Waals surface area (Å²) in [5, 5.41) is 16.0. The number of benzene rings is 1. The number of rotatable bonds is 7. The lowest BCUT2D eigenvalue weighted by Gasteiger charge is -2.15. The van der Waals surface area contributed by atoms with Crippen molar-refractivity contribution < 1.29 is 9.26 Å². The van der Waals surface area contributed by atoms with Crippen LogP contribution in [-0.4, -0.2) is 37.6 Å². The molecule has 1 aliphatic heterocycles. The van der Waals surface area contributed by atoms with E-state index in [0.717, 1.165) is 47.4 Å². The van der Waals surface area contributed by atoms with E-state index in [9.17, 15) is 0 Å². The fraction of sp³-hybridized carbons (Fsp3) is 0.333. The molecule has 4 heterocycles. The molecule has 0 N–H and O–H groups in total. The molecular formula is C21H21N5O2S2. The van der Waals surface area contributed by atoms with Crippen LogP contribution in [0.5, 0.6) is 0 Å². The highest BCUT2D eigenvalue weighted by molar-refractivity contribution is 7.99. The topological polar surface area (TPSA) is 78.9 Å². The Morgan fingerprint density at radius 1 is 1.20 bits per heavy atom. The lowest BCUT2D eigenvalue weighted by atomic mass is 10.2. The first kappa shape index (κ1) is 19.5. The number of ether oxygens (including phenoxy) is 1. The number of thiophene rings is 1. The molecule has 154 valence electrons. The molecule has 0 saturated carbocycles. The normalized spacial score (nSPS) is 17.4. The number of nitrogens with zero attached hydrogens (tertiary/aromatic N) is 5. The number of hydrogen-bond donors (Lipinski definition) is 0. The van der Waals surface area contributed by atoms with Crippen molar-refractivity contribution in [3.05, 3.63) is 53.7 Å². The summed E-state index contributed by atoms with van der Waals surface area (Å²) in [5.74, 6) is 2.05. The van der Waals surface area contributed by atoms with Crippen molar-refractivity contribution in [2.45, 2.75) is 42.8 Å². The number of aromatic nitrogens is 5. The van der Waals surface area contributed by atoms with E-state index in [1.165, 1.54) is 0 Å². The van der Waals surface area contributed by atoms with Gasteiger partial charge in [-0.25, -0.2) is 0 Å². The highest BCUT2D eigenvalue weighted by Gasteiger charge is 2.25. The van der Waals surface area contributed by atoms with Crippen LogP contribution in [0.4, 0.5) is 0 Å². The van der Waals surface area contributed by atoms with Gasteiger partial charge in [0.15, 0.2) is 16.8 Å². The van der Waals surface area contributed by atoms with E-state index in [0.29, 0.717) is 11.7 Å². The molecule has 1 aliphatic rings. The molecule has 4 aromatic rings. The molecule has 2 atom stereocenters. The zero-order chi connectivity index (χ0) is 20.3. The van der Waals surface area contributed by atoms with Crippen LogP contribution >= 0.6 is 23.1 Å². The van der Waals surface area contributed by atoms with Crippen molar-refractivity contribution in [3.63, 3.8) is 0 Å². The maximum atomic E-state index is 5.87. The number of hydrogen-bond acceptors (Lipinski definition) is 8. The van der Waals surface area contributed by atoms with Crippen LogP contribution in [0.1, 0.15) is 30.8 Å². The van der Waals surface area contributed by atoms with E-state index >= 15 is 0 Å². The molecule has 3 aromatic heterocycles. The van der Waals surface area contributed by atoms with Crippen molar-refractivity contribution in [2.75, 3.05) is 6.61 Å². The van der Waals surface area contributed by atoms with Gasteiger partial charge in [0.2, 0.25) is 0 Å². The monoisotopic (exact) mass is 439 g/mol. The Morgan fingerprint density at radius 2 is 2.10 bits per heavy atom. The van der Waals surface area contributed by atoms with E-state index in [1.54, 1.807) is 23.1 Å². The van der Waals surface area contributed by atoms with E-state index in [1.807, 2.05) is 36.4 Å². The molecule has 0 amide bonds. The second kappa shape index (κ2) is 8.71. The Hall–Kier alpha value is -2.49. The van der Waals surface area contributed by atoms with E-state index in [4.69, 9.17) is 9.26 Å². The third kappa shape index (κ3) is 4.05. The molecule has 0 radical (unpaired) electrons. The van der Waals surface area contributed by atoms with Crippen molar-refractivity contribution in [3.8, 4) is 22.2 Å². The predicted molar refractivity (Wildman–Crippen MR) is 116 cm³/mol. The highest BCUT2D eigenvalue weighted by Crippen LogP contribution is 2.36. The summed E-state index contributed by atoms with van der Waals surface area (Å²) in [6, 6.07) is 13.9. The zero-order valence-corrected chi connectivity index (χ0v) is 18.1. The molecule has 0 bridgehead atoms. The van der Waals surface area contributed by atoms with E-state index < -0.39 is 0 Å². The minimum Gasteiger partial charge on any atom is -0.376 e. The molecule has 5 rings (SSSR count). The van der Waals surface area contributed by atoms with Crippen molar-refractivity contribution in [1.82, 2.24) is 24.9 Å². The average Bonchev–Trinajstić information content (AvgIpc) is 3.57. The third-order valence-electron chi connectivity index (χ3n) is 4.98.